The van der Waals surface area contributed by atoms with E-state index >= 15 is 0 Å². The number of amides is 1. The molecular weight excluding hydrogens is 263 g/mol. The van der Waals surface area contributed by atoms with Crippen molar-refractivity contribution in [3.8, 4) is 0 Å². The Morgan fingerprint density at radius 3 is 2.94 bits per heavy atom. The van der Waals surface area contributed by atoms with Gasteiger partial charge in [0.2, 0.25) is 5.91 Å². The fourth-order valence-corrected chi connectivity index (χ4v) is 1.85. The van der Waals surface area contributed by atoms with Crippen molar-refractivity contribution in [3.05, 3.63) is 29.0 Å². The van der Waals surface area contributed by atoms with Gasteiger partial charge in [0.05, 0.1) is 11.1 Å². The molecule has 1 atom stereocenters. The molecule has 17 heavy (non-hydrogen) atoms. The molecule has 0 saturated carbocycles. The largest absolute Gasteiger partial charge is 0.325 e. The van der Waals surface area contributed by atoms with Crippen LogP contribution < -0.4 is 11.1 Å². The Kier molecular flexibility index (Phi) is 5.74. The van der Waals surface area contributed by atoms with Crippen molar-refractivity contribution in [1.82, 2.24) is 0 Å². The number of hydrogen-bond donors (Lipinski definition) is 2. The summed E-state index contributed by atoms with van der Waals surface area (Å²) < 4.78 is 12.9. The fourth-order valence-electron chi connectivity index (χ4n) is 1.18. The fraction of sp³-hybridized carbons (Fsp3) is 0.364. The van der Waals surface area contributed by atoms with Crippen molar-refractivity contribution in [2.45, 2.75) is 12.5 Å². The topological polar surface area (TPSA) is 55.1 Å². The number of nitrogens with two attached hydrogens (primary N) is 1. The standard InChI is InChI=1S/C11H14ClFN2OS/c1-17-5-4-10(14)11(16)15-7-2-3-9(13)8(12)6-7/h2-3,6,10H,4-5,14H2,1H3,(H,15,16)/t10-/m1/s1. The first-order valence-corrected chi connectivity index (χ1v) is 6.82. The summed E-state index contributed by atoms with van der Waals surface area (Å²) in [4.78, 5) is 11.6. The number of anilines is 1. The summed E-state index contributed by atoms with van der Waals surface area (Å²) in [6.45, 7) is 0. The molecule has 0 fully saturated rings. The number of benzene rings is 1. The molecule has 6 heteroatoms. The number of thioether (sulfide) groups is 1. The van der Waals surface area contributed by atoms with E-state index in [2.05, 4.69) is 5.32 Å². The van der Waals surface area contributed by atoms with E-state index in [1.54, 1.807) is 11.8 Å². The summed E-state index contributed by atoms with van der Waals surface area (Å²) in [7, 11) is 0. The van der Waals surface area contributed by atoms with Gasteiger partial charge in [-0.15, -0.1) is 0 Å². The van der Waals surface area contributed by atoms with Crippen LogP contribution >= 0.6 is 23.4 Å². The third kappa shape index (κ3) is 4.53. The van der Waals surface area contributed by atoms with Crippen molar-refractivity contribution < 1.29 is 9.18 Å². The van der Waals surface area contributed by atoms with Gasteiger partial charge in [0, 0.05) is 5.69 Å². The molecule has 1 rings (SSSR count). The maximum Gasteiger partial charge on any atom is 0.241 e. The summed E-state index contributed by atoms with van der Waals surface area (Å²) in [6, 6.07) is 3.44. The molecule has 1 aromatic rings. The minimum atomic E-state index is -0.564. The first-order chi connectivity index (χ1) is 8.04. The van der Waals surface area contributed by atoms with Gasteiger partial charge in [-0.25, -0.2) is 4.39 Å². The monoisotopic (exact) mass is 276 g/mol. The Balaban J connectivity index is 2.58. The van der Waals surface area contributed by atoms with Crippen LogP contribution in [0.5, 0.6) is 0 Å². The van der Waals surface area contributed by atoms with Crippen LogP contribution in [0.15, 0.2) is 18.2 Å². The van der Waals surface area contributed by atoms with Crippen molar-refractivity contribution in [1.29, 1.82) is 0 Å². The zero-order valence-corrected chi connectivity index (χ0v) is 10.9. The van der Waals surface area contributed by atoms with Gasteiger partial charge < -0.3 is 11.1 Å². The quantitative estimate of drug-likeness (QED) is 0.869. The molecule has 0 radical (unpaired) electrons. The molecule has 0 unspecified atom stereocenters. The van der Waals surface area contributed by atoms with E-state index in [-0.39, 0.29) is 10.9 Å². The maximum atomic E-state index is 12.9. The number of carbonyl (C=O) groups is 1. The lowest BCUT2D eigenvalue weighted by atomic mass is 10.2. The maximum absolute atomic E-state index is 12.9. The van der Waals surface area contributed by atoms with E-state index in [1.165, 1.54) is 18.2 Å². The first-order valence-electron chi connectivity index (χ1n) is 5.05. The summed E-state index contributed by atoms with van der Waals surface area (Å²) in [5, 5.41) is 2.57. The first kappa shape index (κ1) is 14.3. The number of hydrogen-bond acceptors (Lipinski definition) is 3. The lowest BCUT2D eigenvalue weighted by Crippen LogP contribution is -2.36. The minimum Gasteiger partial charge on any atom is -0.325 e. The average molecular weight is 277 g/mol. The highest BCUT2D eigenvalue weighted by molar-refractivity contribution is 7.98. The van der Waals surface area contributed by atoms with Gasteiger partial charge in [-0.3, -0.25) is 4.79 Å². The average Bonchev–Trinajstić information content (AvgIpc) is 2.30. The van der Waals surface area contributed by atoms with Crippen LogP contribution in [0.3, 0.4) is 0 Å². The molecule has 0 aromatic heterocycles. The van der Waals surface area contributed by atoms with E-state index < -0.39 is 11.9 Å². The van der Waals surface area contributed by atoms with Gasteiger partial charge >= 0.3 is 0 Å². The Labute approximate surface area is 109 Å². The zero-order chi connectivity index (χ0) is 12.8. The van der Waals surface area contributed by atoms with Gasteiger partial charge in [-0.05, 0) is 36.6 Å². The van der Waals surface area contributed by atoms with E-state index in [0.717, 1.165) is 5.75 Å². The van der Waals surface area contributed by atoms with Gasteiger partial charge in [0.15, 0.2) is 0 Å². The predicted octanol–water partition coefficient (Wildman–Crippen LogP) is 2.50. The lowest BCUT2D eigenvalue weighted by molar-refractivity contribution is -0.117. The Morgan fingerprint density at radius 2 is 2.35 bits per heavy atom. The van der Waals surface area contributed by atoms with Gasteiger partial charge in [-0.2, -0.15) is 11.8 Å². The Morgan fingerprint density at radius 1 is 1.65 bits per heavy atom. The van der Waals surface area contributed by atoms with Crippen molar-refractivity contribution in [3.63, 3.8) is 0 Å². The molecule has 1 amide bonds. The second-order valence-electron chi connectivity index (χ2n) is 3.51. The van der Waals surface area contributed by atoms with E-state index in [1.807, 2.05) is 6.26 Å². The molecule has 94 valence electrons. The van der Waals surface area contributed by atoms with Crippen molar-refractivity contribution in [2.75, 3.05) is 17.3 Å². The Hall–Kier alpha value is -0.780. The summed E-state index contributed by atoms with van der Waals surface area (Å²) in [5.41, 5.74) is 6.13. The van der Waals surface area contributed by atoms with E-state index in [0.29, 0.717) is 12.1 Å². The second-order valence-corrected chi connectivity index (χ2v) is 4.90. The summed E-state index contributed by atoms with van der Waals surface area (Å²) in [5.74, 6) is 0.0109. The molecule has 0 spiro atoms. The molecule has 0 saturated heterocycles. The van der Waals surface area contributed by atoms with E-state index in [4.69, 9.17) is 17.3 Å². The van der Waals surface area contributed by atoms with Crippen LogP contribution in [-0.4, -0.2) is 24.0 Å². The second kappa shape index (κ2) is 6.83. The third-order valence-electron chi connectivity index (χ3n) is 2.16. The zero-order valence-electron chi connectivity index (χ0n) is 9.37. The SMILES string of the molecule is CSCC[C@@H](N)C(=O)Nc1ccc(F)c(Cl)c1. The molecule has 0 aliphatic rings. The van der Waals surface area contributed by atoms with Crippen LogP contribution in [-0.2, 0) is 4.79 Å². The molecule has 3 nitrogen and oxygen atoms in total. The highest BCUT2D eigenvalue weighted by Crippen LogP contribution is 2.19. The summed E-state index contributed by atoms with van der Waals surface area (Å²) in [6.07, 6.45) is 2.55. The van der Waals surface area contributed by atoms with Crippen LogP contribution in [0.2, 0.25) is 5.02 Å². The smallest absolute Gasteiger partial charge is 0.241 e. The van der Waals surface area contributed by atoms with Gasteiger partial charge in [-0.1, -0.05) is 11.6 Å². The van der Waals surface area contributed by atoms with Crippen LogP contribution in [0.1, 0.15) is 6.42 Å². The van der Waals surface area contributed by atoms with Gasteiger partial charge in [0.25, 0.3) is 0 Å². The van der Waals surface area contributed by atoms with Crippen molar-refractivity contribution in [2.24, 2.45) is 5.73 Å². The van der Waals surface area contributed by atoms with Crippen LogP contribution in [0.4, 0.5) is 10.1 Å². The van der Waals surface area contributed by atoms with E-state index in [9.17, 15) is 9.18 Å². The molecule has 0 bridgehead atoms. The predicted molar refractivity (Wildman–Crippen MR) is 71.0 cm³/mol. The minimum absolute atomic E-state index is 0.0273. The highest BCUT2D eigenvalue weighted by Gasteiger charge is 2.13. The number of carbonyl (C=O) groups excluding carboxylic acids is 1. The third-order valence-corrected chi connectivity index (χ3v) is 3.09. The number of rotatable bonds is 5. The van der Waals surface area contributed by atoms with Crippen LogP contribution in [0, 0.1) is 5.82 Å². The molecule has 1 aromatic carbocycles. The highest BCUT2D eigenvalue weighted by atomic mass is 35.5. The lowest BCUT2D eigenvalue weighted by Gasteiger charge is -2.11. The number of nitrogens with one attached hydrogen (secondary N) is 1. The molecule has 0 aliphatic carbocycles. The number of halogens is 2. The molecule has 0 aliphatic heterocycles. The van der Waals surface area contributed by atoms with Crippen LogP contribution in [0.25, 0.3) is 0 Å². The Bertz CT molecular complexity index is 403. The van der Waals surface area contributed by atoms with Crippen molar-refractivity contribution >= 4 is 35.0 Å². The van der Waals surface area contributed by atoms with Gasteiger partial charge in [0.1, 0.15) is 5.82 Å². The normalized spacial score (nSPS) is 12.2. The molecule has 0 heterocycles. The molecular formula is C11H14ClFN2OS. The summed E-state index contributed by atoms with van der Waals surface area (Å²) >= 11 is 7.23. The molecule has 3 N–H and O–H groups in total.